The van der Waals surface area contributed by atoms with Crippen molar-refractivity contribution in [3.63, 3.8) is 0 Å². The molecule has 1 fully saturated rings. The van der Waals surface area contributed by atoms with Gasteiger partial charge in [-0.1, -0.05) is 18.2 Å². The Kier molecular flexibility index (Phi) is 8.74. The highest BCUT2D eigenvalue weighted by Crippen LogP contribution is 2.47. The molecule has 0 aliphatic carbocycles. The zero-order valence-corrected chi connectivity index (χ0v) is 23.0. The molecule has 41 heavy (non-hydrogen) atoms. The first kappa shape index (κ1) is 30.1. The van der Waals surface area contributed by atoms with Crippen molar-refractivity contribution in [1.82, 2.24) is 20.0 Å². The highest BCUT2D eigenvalue weighted by molar-refractivity contribution is 7.52. The number of aliphatic hydroxyl groups excluding tert-OH is 2. The fourth-order valence-electron chi connectivity index (χ4n) is 4.16. The van der Waals surface area contributed by atoms with E-state index in [2.05, 4.69) is 20.0 Å². The van der Waals surface area contributed by atoms with E-state index in [4.69, 9.17) is 18.5 Å². The van der Waals surface area contributed by atoms with Crippen molar-refractivity contribution >= 4 is 24.6 Å². The molecule has 3 heterocycles. The van der Waals surface area contributed by atoms with Crippen molar-refractivity contribution in [2.45, 2.75) is 56.8 Å². The lowest BCUT2D eigenvalue weighted by Gasteiger charge is -2.26. The second-order valence-corrected chi connectivity index (χ2v) is 11.1. The monoisotopic (exact) mass is 589 g/mol. The third-order valence-corrected chi connectivity index (χ3v) is 7.68. The number of pyridine rings is 1. The van der Waals surface area contributed by atoms with Crippen LogP contribution >= 0.6 is 7.75 Å². The van der Waals surface area contributed by atoms with Crippen molar-refractivity contribution in [1.29, 1.82) is 5.26 Å². The Morgan fingerprint density at radius 1 is 1.27 bits per heavy atom. The smallest absolute Gasteiger partial charge is 0.459 e. The average Bonchev–Trinajstić information content (AvgIpc) is 3.17. The summed E-state index contributed by atoms with van der Waals surface area (Å²) >= 11 is 0. The number of aromatic amines is 1. The lowest BCUT2D eigenvalue weighted by molar-refractivity contribution is -0.149. The molecule has 1 aromatic carbocycles. The van der Waals surface area contributed by atoms with Gasteiger partial charge in [0, 0.05) is 11.5 Å². The third-order valence-electron chi connectivity index (χ3n) is 6.04. The molecule has 4 rings (SSSR count). The number of fused-ring (bicyclic) bond motifs is 1. The molecule has 2 unspecified atom stereocenters. The minimum absolute atomic E-state index is 0.111. The van der Waals surface area contributed by atoms with Gasteiger partial charge in [-0.05, 0) is 32.9 Å². The maximum Gasteiger partial charge on any atom is 0.459 e. The van der Waals surface area contributed by atoms with Gasteiger partial charge in [0.15, 0.2) is 0 Å². The van der Waals surface area contributed by atoms with Crippen LogP contribution in [0.1, 0.15) is 26.5 Å². The van der Waals surface area contributed by atoms with Crippen LogP contribution in [0.3, 0.4) is 0 Å². The molecule has 3 aromatic rings. The van der Waals surface area contributed by atoms with E-state index < -0.39 is 67.8 Å². The average molecular weight is 589 g/mol. The predicted molar refractivity (Wildman–Crippen MR) is 140 cm³/mol. The first-order valence-corrected chi connectivity index (χ1v) is 13.9. The van der Waals surface area contributed by atoms with Crippen LogP contribution in [0.25, 0.3) is 10.9 Å². The minimum Gasteiger partial charge on any atom is -0.493 e. The molecule has 6 atom stereocenters. The summed E-state index contributed by atoms with van der Waals surface area (Å²) in [5, 5.41) is 44.4. The Morgan fingerprint density at radius 3 is 2.63 bits per heavy atom. The van der Waals surface area contributed by atoms with Crippen molar-refractivity contribution in [2.75, 3.05) is 6.61 Å². The molecule has 16 heteroatoms. The second-order valence-electron chi connectivity index (χ2n) is 9.44. The van der Waals surface area contributed by atoms with Crippen molar-refractivity contribution in [3.8, 4) is 17.7 Å². The van der Waals surface area contributed by atoms with Gasteiger partial charge in [0.2, 0.25) is 11.5 Å². The number of para-hydroxylation sites is 1. The predicted octanol–water partition coefficient (Wildman–Crippen LogP) is 0.997. The lowest BCUT2D eigenvalue weighted by atomic mass is 9.90. The topological polar surface area (TPSA) is 226 Å². The summed E-state index contributed by atoms with van der Waals surface area (Å²) in [5.74, 6) is -1.21. The van der Waals surface area contributed by atoms with Crippen molar-refractivity contribution in [2.24, 2.45) is 0 Å². The van der Waals surface area contributed by atoms with E-state index in [1.807, 2.05) is 0 Å². The van der Waals surface area contributed by atoms with E-state index >= 15 is 0 Å². The number of hydrogen-bond acceptors (Lipinski definition) is 13. The number of ether oxygens (including phenoxy) is 2. The van der Waals surface area contributed by atoms with Crippen LogP contribution in [-0.4, -0.2) is 73.3 Å². The van der Waals surface area contributed by atoms with E-state index in [1.54, 1.807) is 38.1 Å². The molecule has 218 valence electrons. The summed E-state index contributed by atoms with van der Waals surface area (Å²) < 4.78 is 35.8. The van der Waals surface area contributed by atoms with Gasteiger partial charge >= 0.3 is 13.7 Å². The van der Waals surface area contributed by atoms with Crippen molar-refractivity contribution in [3.05, 3.63) is 58.8 Å². The van der Waals surface area contributed by atoms with Gasteiger partial charge in [0.05, 0.1) is 12.7 Å². The number of hydrogen-bond donors (Lipinski definition) is 5. The second kappa shape index (κ2) is 11.9. The number of H-pyrrole nitrogens is 1. The van der Waals surface area contributed by atoms with Crippen LogP contribution < -0.4 is 15.2 Å². The van der Waals surface area contributed by atoms with Gasteiger partial charge < -0.3 is 29.3 Å². The largest absolute Gasteiger partial charge is 0.493 e. The molecule has 0 radical (unpaired) electrons. The van der Waals surface area contributed by atoms with Gasteiger partial charge in [-0.25, -0.2) is 14.5 Å². The van der Waals surface area contributed by atoms with E-state index in [9.17, 15) is 34.7 Å². The zero-order valence-electron chi connectivity index (χ0n) is 22.1. The molecule has 0 spiro atoms. The number of benzene rings is 1. The summed E-state index contributed by atoms with van der Waals surface area (Å²) in [4.78, 5) is 34.4. The van der Waals surface area contributed by atoms with Crippen LogP contribution in [0, 0.1) is 11.3 Å². The quantitative estimate of drug-likeness (QED) is 0.164. The summed E-state index contributed by atoms with van der Waals surface area (Å²) in [5.41, 5.74) is -3.53. The maximum absolute atomic E-state index is 13.8. The van der Waals surface area contributed by atoms with Gasteiger partial charge in [0.25, 0.3) is 5.56 Å². The van der Waals surface area contributed by atoms with Gasteiger partial charge in [-0.15, -0.1) is 0 Å². The van der Waals surface area contributed by atoms with Crippen LogP contribution in [0.5, 0.6) is 11.6 Å². The Bertz CT molecular complexity index is 1560. The first-order chi connectivity index (χ1) is 19.4. The number of nitrogens with zero attached hydrogens (tertiary/aromatic N) is 3. The highest BCUT2D eigenvalue weighted by atomic mass is 31.2. The number of nitrogens with one attached hydrogen (secondary N) is 2. The summed E-state index contributed by atoms with van der Waals surface area (Å²) in [6, 6.07) is 9.57. The Labute approximate surface area is 233 Å². The molecular weight excluding hydrogens is 561 g/mol. The number of rotatable bonds is 10. The number of aliphatic hydroxyl groups is 2. The Morgan fingerprint density at radius 2 is 1.98 bits per heavy atom. The normalized spacial score (nSPS) is 24.5. The van der Waals surface area contributed by atoms with E-state index in [1.165, 1.54) is 19.1 Å². The Hall–Kier alpha value is -3.90. The number of esters is 1. The first-order valence-electron chi connectivity index (χ1n) is 12.4. The molecule has 15 nitrogen and oxygen atoms in total. The fraction of sp³-hybridized carbons (Fsp3) is 0.400. The number of nitriles is 1. The number of carbonyl (C=O) groups is 1. The van der Waals surface area contributed by atoms with Gasteiger partial charge in [-0.2, -0.15) is 10.3 Å². The summed E-state index contributed by atoms with van der Waals surface area (Å²) in [6.07, 6.45) is -4.64. The van der Waals surface area contributed by atoms with E-state index in [0.29, 0.717) is 0 Å². The molecule has 1 aliphatic rings. The lowest BCUT2D eigenvalue weighted by Crippen LogP contribution is -2.41. The molecule has 1 saturated heterocycles. The SMILES string of the molecule is CC(C)OC(=O)C(C)NP(=O)(OC[C@H]1O[C@@](C#N)(c2ncnc3c(O)[nH]c(=O)cc23)[C@H](O)[C@@H]1O)Oc1ccccc1. The summed E-state index contributed by atoms with van der Waals surface area (Å²) in [7, 11) is -4.38. The molecule has 0 amide bonds. The molecule has 0 saturated carbocycles. The zero-order chi connectivity index (χ0) is 29.9. The third kappa shape index (κ3) is 6.23. The molecule has 0 bridgehead atoms. The molecule has 2 aromatic heterocycles. The van der Waals surface area contributed by atoms with Crippen molar-refractivity contribution < 1.29 is 43.2 Å². The van der Waals surface area contributed by atoms with Crippen LogP contribution in [0.4, 0.5) is 0 Å². The molecule has 5 N–H and O–H groups in total. The minimum atomic E-state index is -4.38. The maximum atomic E-state index is 13.8. The fourth-order valence-corrected chi connectivity index (χ4v) is 5.66. The summed E-state index contributed by atoms with van der Waals surface area (Å²) in [6.45, 7) is 3.98. The van der Waals surface area contributed by atoms with Gasteiger partial charge in [0.1, 0.15) is 53.7 Å². The highest BCUT2D eigenvalue weighted by Gasteiger charge is 2.58. The van der Waals surface area contributed by atoms with E-state index in [-0.39, 0.29) is 22.3 Å². The number of carbonyl (C=O) groups excluding carboxylic acids is 1. The Balaban J connectivity index is 1.62. The number of aromatic nitrogens is 3. The molecular formula is C25H28N5O10P. The van der Waals surface area contributed by atoms with E-state index in [0.717, 1.165) is 12.4 Å². The standard InChI is InChI=1S/C25H28N5O10P/c1-13(2)38-24(35)14(3)30-41(36,40-15-7-5-4-6-8-15)37-10-17-20(32)22(33)25(11-26,39-17)21-16-9-18(31)29-23(34)19(16)27-12-28-21/h4-9,12-14,17,20,22,32-33H,10H2,1-3H3,(H,30,36)(H2,29,31,34)/t14?,17-,20-,22-,25+,41?/m1/s1. The molecule has 1 aliphatic heterocycles. The number of aromatic hydroxyl groups is 1. The van der Waals surface area contributed by atoms with Crippen LogP contribution in [-0.2, 0) is 29.0 Å². The van der Waals surface area contributed by atoms with Gasteiger partial charge in [-0.3, -0.25) is 19.1 Å². The van der Waals surface area contributed by atoms with Crippen LogP contribution in [0.2, 0.25) is 0 Å². The van der Waals surface area contributed by atoms with Crippen LogP contribution in [0.15, 0.2) is 47.5 Å².